The smallest absolute Gasteiger partial charge is 0.0252 e. The number of fused-ring (bicyclic) bond motifs is 2. The minimum Gasteiger partial charge on any atom is -0.235 e. The molecule has 2 atom stereocenters. The third kappa shape index (κ3) is 0.655. The first-order chi connectivity index (χ1) is 3.95. The first-order valence-corrected chi connectivity index (χ1v) is 3.47. The van der Waals surface area contributed by atoms with Gasteiger partial charge in [-0.3, -0.25) is 0 Å². The van der Waals surface area contributed by atoms with Crippen LogP contribution in [-0.4, -0.2) is 12.1 Å². The van der Waals surface area contributed by atoms with Gasteiger partial charge < -0.3 is 0 Å². The van der Waals surface area contributed by atoms with Gasteiger partial charge in [0, 0.05) is 12.1 Å². The number of hydrogen-bond donors (Lipinski definition) is 0. The zero-order valence-electron chi connectivity index (χ0n) is 5.01. The molecular weight excluding hydrogens is 98.1 g/mol. The van der Waals surface area contributed by atoms with Crippen LogP contribution in [0.3, 0.4) is 0 Å². The second kappa shape index (κ2) is 1.73. The fourth-order valence-electron chi connectivity index (χ4n) is 1.67. The molecule has 2 radical (unpaired) electrons. The third-order valence-electron chi connectivity index (χ3n) is 2.13. The summed E-state index contributed by atoms with van der Waals surface area (Å²) in [5.74, 6) is 0. The summed E-state index contributed by atoms with van der Waals surface area (Å²) in [5, 5.41) is 4.56. The summed E-state index contributed by atoms with van der Waals surface area (Å²) in [7, 11) is 0. The molecule has 44 valence electrons. The summed E-state index contributed by atoms with van der Waals surface area (Å²) in [6.45, 7) is 0. The summed E-state index contributed by atoms with van der Waals surface area (Å²) >= 11 is 0. The van der Waals surface area contributed by atoms with Crippen LogP contribution in [0, 0.1) is 6.42 Å². The highest BCUT2D eigenvalue weighted by molar-refractivity contribution is 4.94. The van der Waals surface area contributed by atoms with Crippen LogP contribution in [0.2, 0.25) is 0 Å². The van der Waals surface area contributed by atoms with E-state index in [4.69, 9.17) is 0 Å². The summed E-state index contributed by atoms with van der Waals surface area (Å²) in [6.07, 6.45) is 7.64. The Labute approximate surface area is 50.5 Å². The Morgan fingerprint density at radius 3 is 2.25 bits per heavy atom. The van der Waals surface area contributed by atoms with Gasteiger partial charge >= 0.3 is 0 Å². The van der Waals surface area contributed by atoms with Crippen molar-refractivity contribution in [2.24, 2.45) is 0 Å². The second-order valence-corrected chi connectivity index (χ2v) is 2.79. The van der Waals surface area contributed by atoms with E-state index in [0.29, 0.717) is 0 Å². The molecule has 2 fully saturated rings. The molecule has 0 aromatic rings. The maximum absolute atomic E-state index is 4.56. The van der Waals surface area contributed by atoms with E-state index in [1.165, 1.54) is 25.7 Å². The molecule has 0 aliphatic carbocycles. The van der Waals surface area contributed by atoms with E-state index < -0.39 is 0 Å². The van der Waals surface area contributed by atoms with E-state index in [1.807, 2.05) is 0 Å². The highest BCUT2D eigenvalue weighted by Crippen LogP contribution is 2.26. The molecule has 0 saturated carbocycles. The maximum atomic E-state index is 4.56. The predicted octanol–water partition coefficient (Wildman–Crippen LogP) is 1.12. The monoisotopic (exact) mass is 109 g/mol. The molecule has 0 aromatic carbocycles. The number of hydrogen-bond acceptors (Lipinski definition) is 0. The molecule has 2 bridgehead atoms. The second-order valence-electron chi connectivity index (χ2n) is 2.79. The zero-order chi connectivity index (χ0) is 5.40. The molecular formula is C7H11N. The molecule has 8 heavy (non-hydrogen) atoms. The van der Waals surface area contributed by atoms with Crippen molar-refractivity contribution in [1.82, 2.24) is 5.32 Å². The summed E-state index contributed by atoms with van der Waals surface area (Å²) in [4.78, 5) is 0. The molecule has 0 spiro atoms. The van der Waals surface area contributed by atoms with Crippen molar-refractivity contribution in [3.8, 4) is 0 Å². The van der Waals surface area contributed by atoms with Crippen molar-refractivity contribution in [3.63, 3.8) is 0 Å². The molecule has 0 aromatic heterocycles. The molecule has 1 heteroatoms. The van der Waals surface area contributed by atoms with Gasteiger partial charge in [0.25, 0.3) is 0 Å². The Hall–Kier alpha value is -0.0400. The Morgan fingerprint density at radius 1 is 1.12 bits per heavy atom. The van der Waals surface area contributed by atoms with E-state index in [2.05, 4.69) is 11.7 Å². The van der Waals surface area contributed by atoms with Crippen LogP contribution in [0.5, 0.6) is 0 Å². The Balaban J connectivity index is 2.03. The lowest BCUT2D eigenvalue weighted by Crippen LogP contribution is -2.26. The van der Waals surface area contributed by atoms with E-state index >= 15 is 0 Å². The molecule has 2 aliphatic heterocycles. The van der Waals surface area contributed by atoms with Gasteiger partial charge in [0.05, 0.1) is 0 Å². The van der Waals surface area contributed by atoms with Gasteiger partial charge in [0.15, 0.2) is 0 Å². The van der Waals surface area contributed by atoms with E-state index in [1.54, 1.807) is 0 Å². The van der Waals surface area contributed by atoms with Crippen LogP contribution in [0.4, 0.5) is 0 Å². The Bertz CT molecular complexity index is 76.4. The SMILES string of the molecule is [CH]1CC2CCC(C1)[N]2. The number of nitrogens with zero attached hydrogens (tertiary/aromatic N) is 1. The molecule has 0 amide bonds. The molecule has 0 N–H and O–H groups in total. The molecule has 2 rings (SSSR count). The van der Waals surface area contributed by atoms with Crippen molar-refractivity contribution in [3.05, 3.63) is 6.42 Å². The number of rotatable bonds is 0. The average molecular weight is 109 g/mol. The van der Waals surface area contributed by atoms with Crippen molar-refractivity contribution < 1.29 is 0 Å². The van der Waals surface area contributed by atoms with Gasteiger partial charge in [-0.05, 0) is 32.1 Å². The highest BCUT2D eigenvalue weighted by Gasteiger charge is 2.28. The van der Waals surface area contributed by atoms with Gasteiger partial charge in [0.1, 0.15) is 0 Å². The third-order valence-corrected chi connectivity index (χ3v) is 2.13. The fourth-order valence-corrected chi connectivity index (χ4v) is 1.67. The first-order valence-electron chi connectivity index (χ1n) is 3.47. The number of piperidine rings is 1. The summed E-state index contributed by atoms with van der Waals surface area (Å²) in [5.41, 5.74) is 0. The van der Waals surface area contributed by atoms with Crippen molar-refractivity contribution in [2.75, 3.05) is 0 Å². The van der Waals surface area contributed by atoms with Crippen molar-refractivity contribution >= 4 is 0 Å². The van der Waals surface area contributed by atoms with E-state index in [0.717, 1.165) is 12.1 Å². The largest absolute Gasteiger partial charge is 0.235 e. The lowest BCUT2D eigenvalue weighted by atomic mass is 10.1. The normalized spacial score (nSPS) is 45.0. The van der Waals surface area contributed by atoms with Crippen LogP contribution in [-0.2, 0) is 0 Å². The Morgan fingerprint density at radius 2 is 1.75 bits per heavy atom. The van der Waals surface area contributed by atoms with Gasteiger partial charge in [-0.1, -0.05) is 0 Å². The van der Waals surface area contributed by atoms with Crippen molar-refractivity contribution in [2.45, 2.75) is 37.8 Å². The predicted molar refractivity (Wildman–Crippen MR) is 32.5 cm³/mol. The van der Waals surface area contributed by atoms with Gasteiger partial charge in [0.2, 0.25) is 0 Å². The van der Waals surface area contributed by atoms with Crippen LogP contribution < -0.4 is 5.32 Å². The maximum Gasteiger partial charge on any atom is 0.0252 e. The topological polar surface area (TPSA) is 14.1 Å². The van der Waals surface area contributed by atoms with E-state index in [9.17, 15) is 0 Å². The van der Waals surface area contributed by atoms with Crippen LogP contribution in [0.25, 0.3) is 0 Å². The molecule has 2 saturated heterocycles. The molecule has 2 aliphatic rings. The fraction of sp³-hybridized carbons (Fsp3) is 0.857. The summed E-state index contributed by atoms with van der Waals surface area (Å²) < 4.78 is 0. The minimum absolute atomic E-state index is 0.730. The van der Waals surface area contributed by atoms with Gasteiger partial charge in [-0.15, -0.1) is 0 Å². The van der Waals surface area contributed by atoms with Crippen LogP contribution >= 0.6 is 0 Å². The average Bonchev–Trinajstić information content (AvgIpc) is 2.12. The standard InChI is InChI=1S/C7H11N/c1-2-6-4-5-7(3-1)8-6/h1,6-7H,2-5H2. The quantitative estimate of drug-likeness (QED) is 0.442. The molecule has 1 nitrogen and oxygen atoms in total. The molecule has 2 heterocycles. The lowest BCUT2D eigenvalue weighted by Gasteiger charge is -2.17. The van der Waals surface area contributed by atoms with Crippen LogP contribution in [0.15, 0.2) is 0 Å². The lowest BCUT2D eigenvalue weighted by molar-refractivity contribution is 0.458. The first kappa shape index (κ1) is 4.80. The van der Waals surface area contributed by atoms with Gasteiger partial charge in [-0.25, -0.2) is 5.32 Å². The highest BCUT2D eigenvalue weighted by atomic mass is 15.0. The van der Waals surface area contributed by atoms with Crippen LogP contribution in [0.1, 0.15) is 25.7 Å². The summed E-state index contributed by atoms with van der Waals surface area (Å²) in [6, 6.07) is 1.46. The van der Waals surface area contributed by atoms with Gasteiger partial charge in [-0.2, -0.15) is 0 Å². The Kier molecular flexibility index (Phi) is 1.04. The molecule has 2 unspecified atom stereocenters. The van der Waals surface area contributed by atoms with Crippen molar-refractivity contribution in [1.29, 1.82) is 0 Å². The zero-order valence-corrected chi connectivity index (χ0v) is 5.01. The minimum atomic E-state index is 0.730. The van der Waals surface area contributed by atoms with E-state index in [-0.39, 0.29) is 0 Å².